The summed E-state index contributed by atoms with van der Waals surface area (Å²) in [6.45, 7) is 1.45. The Balaban J connectivity index is 1.67. The number of aliphatic hydroxyl groups excluding tert-OH is 1. The molecule has 9 heteroatoms. The fourth-order valence-electron chi connectivity index (χ4n) is 3.89. The molecule has 0 radical (unpaired) electrons. The Kier molecular flexibility index (Phi) is 6.00. The maximum absolute atomic E-state index is 11.4. The lowest BCUT2D eigenvalue weighted by atomic mass is 9.97. The topological polar surface area (TPSA) is 104 Å². The largest absolute Gasteiger partial charge is 0.377 e. The quantitative estimate of drug-likeness (QED) is 0.393. The molecule has 1 aromatic heterocycles. The summed E-state index contributed by atoms with van der Waals surface area (Å²) in [5.74, 6) is 0. The van der Waals surface area contributed by atoms with Crippen molar-refractivity contribution in [2.45, 2.75) is 30.1 Å². The number of hydrogen-bond donors (Lipinski definition) is 3. The minimum Gasteiger partial charge on any atom is -0.377 e. The Labute approximate surface area is 184 Å². The Morgan fingerprint density at radius 3 is 2.60 bits per heavy atom. The molecule has 30 heavy (non-hydrogen) atoms. The van der Waals surface area contributed by atoms with Gasteiger partial charge in [0.1, 0.15) is 6.23 Å². The second kappa shape index (κ2) is 8.39. The number of nitrogens with two attached hydrogens (primary N) is 1. The van der Waals surface area contributed by atoms with Crippen LogP contribution in [0.3, 0.4) is 0 Å². The molecule has 0 amide bonds. The van der Waals surface area contributed by atoms with Gasteiger partial charge in [0.25, 0.3) is 10.1 Å². The van der Waals surface area contributed by atoms with Crippen LogP contribution < -0.4 is 5.73 Å². The van der Waals surface area contributed by atoms with Gasteiger partial charge in [-0.15, -0.1) is 11.3 Å². The van der Waals surface area contributed by atoms with Gasteiger partial charge < -0.3 is 10.8 Å². The lowest BCUT2D eigenvalue weighted by Crippen LogP contribution is -2.43. The summed E-state index contributed by atoms with van der Waals surface area (Å²) in [7, 11) is -4.30. The van der Waals surface area contributed by atoms with Crippen LogP contribution in [0.5, 0.6) is 0 Å². The maximum Gasteiger partial charge on any atom is 0.294 e. The van der Waals surface area contributed by atoms with Crippen molar-refractivity contribution < 1.29 is 18.1 Å². The van der Waals surface area contributed by atoms with E-state index in [1.807, 2.05) is 6.07 Å². The highest BCUT2D eigenvalue weighted by Gasteiger charge is 2.30. The Hall–Kier alpha value is -1.78. The summed E-state index contributed by atoms with van der Waals surface area (Å²) in [6.07, 6.45) is -0.217. The van der Waals surface area contributed by atoms with Crippen LogP contribution in [-0.2, 0) is 23.1 Å². The van der Waals surface area contributed by atoms with Crippen molar-refractivity contribution >= 4 is 33.1 Å². The van der Waals surface area contributed by atoms with Crippen LogP contribution in [0.25, 0.3) is 11.1 Å². The normalized spacial score (nSPS) is 16.8. The molecule has 0 saturated carbocycles. The van der Waals surface area contributed by atoms with Crippen molar-refractivity contribution in [1.29, 1.82) is 0 Å². The van der Waals surface area contributed by atoms with E-state index in [0.717, 1.165) is 13.0 Å². The highest BCUT2D eigenvalue weighted by Crippen LogP contribution is 2.36. The van der Waals surface area contributed by atoms with Crippen molar-refractivity contribution in [2.75, 3.05) is 6.54 Å². The summed E-state index contributed by atoms with van der Waals surface area (Å²) in [5.41, 5.74) is 9.19. The van der Waals surface area contributed by atoms with E-state index in [1.54, 1.807) is 35.6 Å². The maximum atomic E-state index is 11.4. The van der Waals surface area contributed by atoms with Gasteiger partial charge in [0.2, 0.25) is 0 Å². The summed E-state index contributed by atoms with van der Waals surface area (Å²) in [6, 6.07) is 13.0. The molecule has 2 atom stereocenters. The standard InChI is InChI=1S/C21H21ClN2O4S2/c22-18-11-14(13-2-1-3-16(10-13)30(26,27)28)4-5-17(18)20(21(23)25)24-8-6-19-15(12-24)7-9-29-19/h1-5,7,9-11,20-21,25H,6,8,12,23H2,(H,26,27,28)/t20-,21?/m1/s1. The predicted molar refractivity (Wildman–Crippen MR) is 118 cm³/mol. The third kappa shape index (κ3) is 4.31. The fourth-order valence-corrected chi connectivity index (χ4v) is 5.60. The van der Waals surface area contributed by atoms with Crippen molar-refractivity contribution in [1.82, 2.24) is 4.90 Å². The number of benzene rings is 2. The minimum absolute atomic E-state index is 0.185. The van der Waals surface area contributed by atoms with Gasteiger partial charge in [-0.2, -0.15) is 8.42 Å². The van der Waals surface area contributed by atoms with Gasteiger partial charge in [0, 0.05) is 23.0 Å². The first-order chi connectivity index (χ1) is 14.2. The molecule has 1 unspecified atom stereocenters. The van der Waals surface area contributed by atoms with Crippen molar-refractivity contribution in [2.24, 2.45) is 5.73 Å². The summed E-state index contributed by atoms with van der Waals surface area (Å²) >= 11 is 8.33. The van der Waals surface area contributed by atoms with Gasteiger partial charge in [-0.1, -0.05) is 35.9 Å². The smallest absolute Gasteiger partial charge is 0.294 e. The van der Waals surface area contributed by atoms with E-state index in [-0.39, 0.29) is 4.90 Å². The molecular weight excluding hydrogens is 444 g/mol. The van der Waals surface area contributed by atoms with E-state index in [9.17, 15) is 18.1 Å². The molecule has 0 fully saturated rings. The second-order valence-electron chi connectivity index (χ2n) is 7.26. The van der Waals surface area contributed by atoms with Gasteiger partial charge in [-0.25, -0.2) is 0 Å². The average Bonchev–Trinajstić information content (AvgIpc) is 3.16. The Morgan fingerprint density at radius 2 is 1.90 bits per heavy atom. The molecule has 0 spiro atoms. The molecule has 6 nitrogen and oxygen atoms in total. The number of hydrogen-bond acceptors (Lipinski definition) is 6. The van der Waals surface area contributed by atoms with Crippen LogP contribution in [0.4, 0.5) is 0 Å². The number of halogens is 1. The second-order valence-corrected chi connectivity index (χ2v) is 10.1. The first-order valence-electron chi connectivity index (χ1n) is 9.34. The van der Waals surface area contributed by atoms with E-state index in [2.05, 4.69) is 16.3 Å². The number of thiophene rings is 1. The molecule has 1 aliphatic rings. The molecule has 4 N–H and O–H groups in total. The molecule has 3 aromatic rings. The molecule has 0 bridgehead atoms. The van der Waals surface area contributed by atoms with Crippen LogP contribution in [0.2, 0.25) is 5.02 Å². The van der Waals surface area contributed by atoms with E-state index >= 15 is 0 Å². The van der Waals surface area contributed by atoms with Crippen molar-refractivity contribution in [3.63, 3.8) is 0 Å². The SMILES string of the molecule is NC(O)[C@@H](c1ccc(-c2cccc(S(=O)(=O)O)c2)cc1Cl)N1CCc2sccc2C1. The van der Waals surface area contributed by atoms with Crippen LogP contribution >= 0.6 is 22.9 Å². The van der Waals surface area contributed by atoms with Crippen LogP contribution in [-0.4, -0.2) is 35.7 Å². The molecule has 4 rings (SSSR count). The van der Waals surface area contributed by atoms with Crippen molar-refractivity contribution in [3.8, 4) is 11.1 Å². The summed E-state index contributed by atoms with van der Waals surface area (Å²) in [4.78, 5) is 3.30. The van der Waals surface area contributed by atoms with Crippen LogP contribution in [0.15, 0.2) is 58.8 Å². The Bertz CT molecular complexity index is 1180. The molecule has 158 valence electrons. The Morgan fingerprint density at radius 1 is 1.13 bits per heavy atom. The van der Waals surface area contributed by atoms with E-state index < -0.39 is 22.4 Å². The third-order valence-corrected chi connectivity index (χ3v) is 7.54. The molecule has 1 aliphatic heterocycles. The monoisotopic (exact) mass is 464 g/mol. The van der Waals surface area contributed by atoms with Crippen LogP contribution in [0, 0.1) is 0 Å². The van der Waals surface area contributed by atoms with E-state index in [0.29, 0.717) is 28.3 Å². The zero-order chi connectivity index (χ0) is 21.5. The lowest BCUT2D eigenvalue weighted by Gasteiger charge is -2.36. The predicted octanol–water partition coefficient (Wildman–Crippen LogP) is 3.69. The zero-order valence-corrected chi connectivity index (χ0v) is 18.3. The van der Waals surface area contributed by atoms with Crippen LogP contribution in [0.1, 0.15) is 22.0 Å². The van der Waals surface area contributed by atoms with Crippen molar-refractivity contribution in [3.05, 3.63) is 74.9 Å². The molecule has 0 saturated heterocycles. The lowest BCUT2D eigenvalue weighted by molar-refractivity contribution is 0.0446. The number of nitrogens with zero attached hydrogens (tertiary/aromatic N) is 1. The minimum atomic E-state index is -4.30. The van der Waals surface area contributed by atoms with Gasteiger partial charge in [-0.05, 0) is 58.3 Å². The first kappa shape index (κ1) is 21.5. The van der Waals surface area contributed by atoms with E-state index in [4.69, 9.17) is 17.3 Å². The highest BCUT2D eigenvalue weighted by atomic mass is 35.5. The van der Waals surface area contributed by atoms with Gasteiger partial charge in [-0.3, -0.25) is 9.45 Å². The summed E-state index contributed by atoms with van der Waals surface area (Å²) < 4.78 is 32.1. The zero-order valence-electron chi connectivity index (χ0n) is 15.9. The molecule has 2 heterocycles. The van der Waals surface area contributed by atoms with E-state index in [1.165, 1.54) is 22.6 Å². The average molecular weight is 465 g/mol. The summed E-state index contributed by atoms with van der Waals surface area (Å²) in [5, 5.41) is 12.8. The number of aliphatic hydroxyl groups is 1. The molecule has 0 aliphatic carbocycles. The van der Waals surface area contributed by atoms with Gasteiger partial charge in [0.15, 0.2) is 0 Å². The van der Waals surface area contributed by atoms with Gasteiger partial charge >= 0.3 is 0 Å². The molecule has 2 aromatic carbocycles. The fraction of sp³-hybridized carbons (Fsp3) is 0.238. The highest BCUT2D eigenvalue weighted by molar-refractivity contribution is 7.85. The van der Waals surface area contributed by atoms with Gasteiger partial charge in [0.05, 0.1) is 10.9 Å². The third-order valence-electron chi connectivity index (χ3n) is 5.34. The number of fused-ring (bicyclic) bond motifs is 1. The molecular formula is C21H21ClN2O4S2. The first-order valence-corrected chi connectivity index (χ1v) is 12.0. The number of rotatable bonds is 5.